The highest BCUT2D eigenvalue weighted by molar-refractivity contribution is 5.22. The maximum Gasteiger partial charge on any atom is 0.329 e. The maximum atomic E-state index is 5.23. The number of nitrogens with zero attached hydrogens (tertiary/aromatic N) is 4. The molecule has 84 valence electrons. The fraction of sp³-hybridized carbons (Fsp3) is 0.364. The Bertz CT molecular complexity index is 495. The molecule has 0 aliphatic carbocycles. The van der Waals surface area contributed by atoms with Crippen LogP contribution in [0.5, 0.6) is 5.75 Å². The zero-order valence-electron chi connectivity index (χ0n) is 10.0. The van der Waals surface area contributed by atoms with Crippen LogP contribution in [0, 0.1) is 13.8 Å². The SMILES string of the molecule is COc1cc(C)[n+](-n2cn[n+](C)c2)c(C)c1. The van der Waals surface area contributed by atoms with Crippen LogP contribution in [0.25, 0.3) is 0 Å². The highest BCUT2D eigenvalue weighted by Crippen LogP contribution is 2.11. The molecule has 0 aromatic carbocycles. The lowest BCUT2D eigenvalue weighted by atomic mass is 10.3. The summed E-state index contributed by atoms with van der Waals surface area (Å²) in [4.78, 5) is 0. The second-order valence-corrected chi connectivity index (χ2v) is 3.79. The molecule has 2 aromatic rings. The Morgan fingerprint density at radius 1 is 1.25 bits per heavy atom. The molecule has 2 rings (SSSR count). The van der Waals surface area contributed by atoms with E-state index >= 15 is 0 Å². The van der Waals surface area contributed by atoms with Crippen molar-refractivity contribution in [2.45, 2.75) is 13.8 Å². The molecule has 0 spiro atoms. The molecule has 0 saturated heterocycles. The maximum absolute atomic E-state index is 5.23. The summed E-state index contributed by atoms with van der Waals surface area (Å²) in [5, 5.41) is 4.15. The van der Waals surface area contributed by atoms with Crippen molar-refractivity contribution in [2.75, 3.05) is 7.11 Å². The summed E-state index contributed by atoms with van der Waals surface area (Å²) >= 11 is 0. The zero-order chi connectivity index (χ0) is 11.7. The number of hydrogen-bond donors (Lipinski definition) is 0. The summed E-state index contributed by atoms with van der Waals surface area (Å²) in [5.41, 5.74) is 2.18. The van der Waals surface area contributed by atoms with Crippen molar-refractivity contribution < 1.29 is 14.1 Å². The Hall–Kier alpha value is -1.91. The molecular formula is C11H16N4O+2. The van der Waals surface area contributed by atoms with E-state index in [1.807, 2.05) is 44.0 Å². The summed E-state index contributed by atoms with van der Waals surface area (Å²) < 4.78 is 11.0. The Labute approximate surface area is 94.5 Å². The van der Waals surface area contributed by atoms with Crippen LogP contribution < -0.4 is 14.1 Å². The van der Waals surface area contributed by atoms with E-state index in [0.717, 1.165) is 17.1 Å². The van der Waals surface area contributed by atoms with E-state index in [2.05, 4.69) is 9.77 Å². The number of ether oxygens (including phenoxy) is 1. The van der Waals surface area contributed by atoms with Gasteiger partial charge in [0.2, 0.25) is 11.4 Å². The standard InChI is InChI=1S/C11H16N4O/c1-9-5-11(16-4)6-10(2)15(9)14-7-12-13(3)8-14/h5-8H,1-4H3/q+2. The molecule has 0 bridgehead atoms. The van der Waals surface area contributed by atoms with E-state index in [4.69, 9.17) is 4.74 Å². The molecule has 16 heavy (non-hydrogen) atoms. The molecule has 0 fully saturated rings. The van der Waals surface area contributed by atoms with Crippen LogP contribution >= 0.6 is 0 Å². The topological polar surface area (TPSA) is 34.8 Å². The Balaban J connectivity index is 2.57. The number of pyridine rings is 1. The van der Waals surface area contributed by atoms with Gasteiger partial charge in [-0.15, -0.1) is 4.68 Å². The van der Waals surface area contributed by atoms with Crippen LogP contribution in [0.15, 0.2) is 24.8 Å². The molecule has 5 heteroatoms. The molecule has 0 saturated carbocycles. The molecule has 5 nitrogen and oxygen atoms in total. The fourth-order valence-corrected chi connectivity index (χ4v) is 1.80. The molecule has 0 radical (unpaired) electrons. The van der Waals surface area contributed by atoms with Gasteiger partial charge in [-0.1, -0.05) is 0 Å². The second kappa shape index (κ2) is 3.92. The Morgan fingerprint density at radius 2 is 1.88 bits per heavy atom. The summed E-state index contributed by atoms with van der Waals surface area (Å²) in [5.74, 6) is 0.871. The molecular weight excluding hydrogens is 204 g/mol. The lowest BCUT2D eigenvalue weighted by Gasteiger charge is -2.01. The molecule has 0 unspecified atom stereocenters. The van der Waals surface area contributed by atoms with Gasteiger partial charge in [0.25, 0.3) is 6.33 Å². The molecule has 0 atom stereocenters. The zero-order valence-corrected chi connectivity index (χ0v) is 10.0. The van der Waals surface area contributed by atoms with E-state index in [0.29, 0.717) is 0 Å². The lowest BCUT2D eigenvalue weighted by Crippen LogP contribution is -2.47. The Morgan fingerprint density at radius 3 is 2.31 bits per heavy atom. The minimum absolute atomic E-state index is 0.871. The fourth-order valence-electron chi connectivity index (χ4n) is 1.80. The normalized spacial score (nSPS) is 10.5. The van der Waals surface area contributed by atoms with Gasteiger partial charge in [-0.2, -0.15) is 0 Å². The summed E-state index contributed by atoms with van der Waals surface area (Å²) in [6, 6.07) is 3.99. The summed E-state index contributed by atoms with van der Waals surface area (Å²) in [7, 11) is 3.57. The quantitative estimate of drug-likeness (QED) is 0.664. The van der Waals surface area contributed by atoms with E-state index < -0.39 is 0 Å². The molecule has 0 amide bonds. The van der Waals surface area contributed by atoms with Crippen molar-refractivity contribution in [2.24, 2.45) is 7.05 Å². The van der Waals surface area contributed by atoms with Crippen LogP contribution in [0.2, 0.25) is 0 Å². The van der Waals surface area contributed by atoms with Gasteiger partial charge < -0.3 is 4.74 Å². The van der Waals surface area contributed by atoms with E-state index in [1.54, 1.807) is 18.1 Å². The summed E-state index contributed by atoms with van der Waals surface area (Å²) in [6.07, 6.45) is 3.68. The van der Waals surface area contributed by atoms with Crippen LogP contribution in [0.1, 0.15) is 11.4 Å². The minimum atomic E-state index is 0.871. The Kier molecular flexibility index (Phi) is 2.60. The van der Waals surface area contributed by atoms with Gasteiger partial charge in [0.05, 0.1) is 19.2 Å². The number of methoxy groups -OCH3 is 1. The first-order chi connectivity index (χ1) is 7.61. The van der Waals surface area contributed by atoms with Crippen LogP contribution in [0.4, 0.5) is 0 Å². The largest absolute Gasteiger partial charge is 0.496 e. The first-order valence-corrected chi connectivity index (χ1v) is 5.09. The molecule has 2 aromatic heterocycles. The van der Waals surface area contributed by atoms with Gasteiger partial charge in [-0.05, 0) is 9.77 Å². The first-order valence-electron chi connectivity index (χ1n) is 5.09. The van der Waals surface area contributed by atoms with Gasteiger partial charge in [-0.25, -0.2) is 0 Å². The molecule has 0 aliphatic rings. The number of rotatable bonds is 2. The van der Waals surface area contributed by atoms with Crippen LogP contribution in [-0.2, 0) is 7.05 Å². The van der Waals surface area contributed by atoms with Gasteiger partial charge >= 0.3 is 6.33 Å². The van der Waals surface area contributed by atoms with Crippen molar-refractivity contribution in [1.82, 2.24) is 9.77 Å². The number of aromatic nitrogens is 4. The van der Waals surface area contributed by atoms with Crippen LogP contribution in [-0.4, -0.2) is 16.9 Å². The average molecular weight is 220 g/mol. The van der Waals surface area contributed by atoms with E-state index in [9.17, 15) is 0 Å². The monoisotopic (exact) mass is 220 g/mol. The van der Waals surface area contributed by atoms with Crippen molar-refractivity contribution in [3.63, 3.8) is 0 Å². The number of hydrogen-bond acceptors (Lipinski definition) is 2. The van der Waals surface area contributed by atoms with Crippen molar-refractivity contribution in [1.29, 1.82) is 0 Å². The predicted molar refractivity (Wildman–Crippen MR) is 56.9 cm³/mol. The smallest absolute Gasteiger partial charge is 0.329 e. The molecule has 0 N–H and O–H groups in total. The third-order valence-electron chi connectivity index (χ3n) is 2.47. The first kappa shape index (κ1) is 10.6. The van der Waals surface area contributed by atoms with Crippen molar-refractivity contribution >= 4 is 0 Å². The van der Waals surface area contributed by atoms with E-state index in [1.165, 1.54) is 0 Å². The van der Waals surface area contributed by atoms with Gasteiger partial charge in [0.1, 0.15) is 12.8 Å². The van der Waals surface area contributed by atoms with Crippen molar-refractivity contribution in [3.05, 3.63) is 36.2 Å². The van der Waals surface area contributed by atoms with Gasteiger partial charge in [0.15, 0.2) is 0 Å². The predicted octanol–water partition coefficient (Wildman–Crippen LogP) is -0.0681. The van der Waals surface area contributed by atoms with Crippen molar-refractivity contribution in [3.8, 4) is 5.75 Å². The summed E-state index contributed by atoms with van der Waals surface area (Å²) in [6.45, 7) is 4.07. The minimum Gasteiger partial charge on any atom is -0.496 e. The highest BCUT2D eigenvalue weighted by atomic mass is 16.5. The second-order valence-electron chi connectivity index (χ2n) is 3.79. The lowest BCUT2D eigenvalue weighted by molar-refractivity contribution is -0.768. The average Bonchev–Trinajstić information content (AvgIpc) is 2.63. The third kappa shape index (κ3) is 1.76. The number of aryl methyl sites for hydroxylation is 3. The van der Waals surface area contributed by atoms with E-state index in [-0.39, 0.29) is 0 Å². The molecule has 0 aliphatic heterocycles. The molecule has 2 heterocycles. The van der Waals surface area contributed by atoms with Gasteiger partial charge in [0, 0.05) is 18.5 Å². The highest BCUT2D eigenvalue weighted by Gasteiger charge is 2.21. The van der Waals surface area contributed by atoms with Crippen LogP contribution in [0.3, 0.4) is 0 Å². The third-order valence-corrected chi connectivity index (χ3v) is 2.47. The van der Waals surface area contributed by atoms with Gasteiger partial charge in [-0.3, -0.25) is 0 Å².